The number of nitrogens with one attached hydrogen (secondary N) is 2. The van der Waals surface area contributed by atoms with Crippen LogP contribution in [-0.2, 0) is 4.79 Å². The molecule has 0 saturated carbocycles. The van der Waals surface area contributed by atoms with E-state index in [2.05, 4.69) is 26.6 Å². The fourth-order valence-electron chi connectivity index (χ4n) is 2.15. The zero-order valence-corrected chi connectivity index (χ0v) is 12.1. The molecule has 7 heteroatoms. The molecule has 104 valence electrons. The lowest BCUT2D eigenvalue weighted by atomic mass is 10.1. The number of benzene rings is 1. The van der Waals surface area contributed by atoms with Crippen LogP contribution in [0.5, 0.6) is 0 Å². The molecule has 0 fully saturated rings. The van der Waals surface area contributed by atoms with E-state index in [-0.39, 0.29) is 12.5 Å². The van der Waals surface area contributed by atoms with Crippen molar-refractivity contribution in [3.05, 3.63) is 22.2 Å². The predicted octanol–water partition coefficient (Wildman–Crippen LogP) is 2.36. The fourth-order valence-corrected chi connectivity index (χ4v) is 2.82. The summed E-state index contributed by atoms with van der Waals surface area (Å²) in [6.45, 7) is -0.360. The monoisotopic (exact) mass is 333 g/mol. The van der Waals surface area contributed by atoms with Gasteiger partial charge in [0.15, 0.2) is 0 Å². The van der Waals surface area contributed by atoms with Gasteiger partial charge in [0.1, 0.15) is 6.04 Å². The molecule has 0 saturated heterocycles. The maximum atomic E-state index is 12.4. The average molecular weight is 334 g/mol. The average Bonchev–Trinajstić information content (AvgIpc) is 2.61. The van der Waals surface area contributed by atoms with Crippen LogP contribution in [0.4, 0.5) is 20.2 Å². The van der Waals surface area contributed by atoms with Gasteiger partial charge in [-0.2, -0.15) is 0 Å². The van der Waals surface area contributed by atoms with Crippen LogP contribution in [0, 0.1) is 0 Å². The molecule has 0 aromatic heterocycles. The number of amides is 1. The summed E-state index contributed by atoms with van der Waals surface area (Å²) < 4.78 is 25.5. The lowest BCUT2D eigenvalue weighted by Crippen LogP contribution is -2.24. The number of hydrogen-bond donors (Lipinski definition) is 2. The van der Waals surface area contributed by atoms with E-state index in [0.29, 0.717) is 15.8 Å². The molecule has 19 heavy (non-hydrogen) atoms. The molecule has 1 aliphatic heterocycles. The molecule has 0 spiro atoms. The molecule has 0 bridgehead atoms. The molecule has 1 atom stereocenters. The summed E-state index contributed by atoms with van der Waals surface area (Å²) in [6.07, 6.45) is -2.41. The number of carbonyl (C=O) groups excluding carboxylic acids is 1. The number of nitrogens with zero attached hydrogens (tertiary/aromatic N) is 1. The van der Waals surface area contributed by atoms with Gasteiger partial charge < -0.3 is 15.5 Å². The Hall–Kier alpha value is -1.21. The van der Waals surface area contributed by atoms with E-state index in [9.17, 15) is 13.6 Å². The van der Waals surface area contributed by atoms with Gasteiger partial charge in [0.25, 0.3) is 6.43 Å². The van der Waals surface area contributed by atoms with Crippen molar-refractivity contribution in [2.24, 2.45) is 0 Å². The normalized spacial score (nSPS) is 17.6. The van der Waals surface area contributed by atoms with E-state index in [4.69, 9.17) is 0 Å². The Morgan fingerprint density at radius 3 is 2.79 bits per heavy atom. The molecule has 1 aromatic rings. The number of hydrogen-bond acceptors (Lipinski definition) is 3. The van der Waals surface area contributed by atoms with Crippen LogP contribution >= 0.6 is 15.9 Å². The van der Waals surface area contributed by atoms with E-state index in [1.54, 1.807) is 26.2 Å². The number of rotatable bonds is 4. The molecule has 1 heterocycles. The summed E-state index contributed by atoms with van der Waals surface area (Å²) in [5.74, 6) is -0.141. The van der Waals surface area contributed by atoms with E-state index in [0.717, 1.165) is 5.56 Å². The van der Waals surface area contributed by atoms with E-state index in [1.807, 2.05) is 0 Å². The van der Waals surface area contributed by atoms with Crippen molar-refractivity contribution in [2.75, 3.05) is 30.9 Å². The fraction of sp³-hybridized carbons (Fsp3) is 0.417. The van der Waals surface area contributed by atoms with Gasteiger partial charge >= 0.3 is 0 Å². The summed E-state index contributed by atoms with van der Waals surface area (Å²) in [6, 6.07) is 3.09. The van der Waals surface area contributed by atoms with Gasteiger partial charge in [-0.1, -0.05) is 0 Å². The Bertz CT molecular complexity index is 510. The standard InChI is InChI=1S/C12H14BrF2N3O/c1-16-11-6-3-7(13)9(18(2)5-10(14)15)4-8(6)17-12(11)19/h3-4,10-11,16H,5H2,1-2H3,(H,17,19). The smallest absolute Gasteiger partial charge is 0.255 e. The highest BCUT2D eigenvalue weighted by atomic mass is 79.9. The number of fused-ring (bicyclic) bond motifs is 1. The van der Waals surface area contributed by atoms with Crippen LogP contribution in [-0.4, -0.2) is 33.0 Å². The van der Waals surface area contributed by atoms with Gasteiger partial charge in [-0.25, -0.2) is 8.78 Å². The van der Waals surface area contributed by atoms with Crippen LogP contribution in [0.1, 0.15) is 11.6 Å². The highest BCUT2D eigenvalue weighted by Crippen LogP contribution is 2.38. The highest BCUT2D eigenvalue weighted by Gasteiger charge is 2.30. The van der Waals surface area contributed by atoms with Crippen molar-refractivity contribution in [1.82, 2.24) is 5.32 Å². The molecule has 2 N–H and O–H groups in total. The minimum atomic E-state index is -2.41. The van der Waals surface area contributed by atoms with Crippen LogP contribution < -0.4 is 15.5 Å². The quantitative estimate of drug-likeness (QED) is 0.889. The molecule has 1 amide bonds. The van der Waals surface area contributed by atoms with Gasteiger partial charge in [0, 0.05) is 22.8 Å². The second-order valence-corrected chi connectivity index (χ2v) is 5.23. The summed E-state index contributed by atoms with van der Waals surface area (Å²) in [5.41, 5.74) is 2.09. The van der Waals surface area contributed by atoms with Crippen LogP contribution in [0.15, 0.2) is 16.6 Å². The van der Waals surface area contributed by atoms with E-state index in [1.165, 1.54) is 4.90 Å². The van der Waals surface area contributed by atoms with Gasteiger partial charge in [-0.05, 0) is 35.1 Å². The van der Waals surface area contributed by atoms with Crippen molar-refractivity contribution < 1.29 is 13.6 Å². The highest BCUT2D eigenvalue weighted by molar-refractivity contribution is 9.10. The van der Waals surface area contributed by atoms with Crippen LogP contribution in [0.25, 0.3) is 0 Å². The summed E-state index contributed by atoms with van der Waals surface area (Å²) in [4.78, 5) is 13.2. The number of carbonyl (C=O) groups is 1. The molecule has 1 aromatic carbocycles. The van der Waals surface area contributed by atoms with Crippen LogP contribution in [0.2, 0.25) is 0 Å². The second-order valence-electron chi connectivity index (χ2n) is 4.37. The molecule has 1 unspecified atom stereocenters. The minimum Gasteiger partial charge on any atom is -0.368 e. The molecule has 2 rings (SSSR count). The lowest BCUT2D eigenvalue weighted by Gasteiger charge is -2.21. The third-order valence-corrected chi connectivity index (χ3v) is 3.70. The zero-order valence-electron chi connectivity index (χ0n) is 10.5. The van der Waals surface area contributed by atoms with E-state index >= 15 is 0 Å². The Labute approximate surface area is 118 Å². The Balaban J connectivity index is 2.36. The third-order valence-electron chi connectivity index (χ3n) is 3.06. The van der Waals surface area contributed by atoms with Gasteiger partial charge in [0.05, 0.1) is 12.2 Å². The summed E-state index contributed by atoms with van der Waals surface area (Å²) in [5, 5.41) is 5.65. The first-order valence-electron chi connectivity index (χ1n) is 5.75. The summed E-state index contributed by atoms with van der Waals surface area (Å²) >= 11 is 3.36. The van der Waals surface area contributed by atoms with Crippen LogP contribution in [0.3, 0.4) is 0 Å². The SMILES string of the molecule is CNC1C(=O)Nc2cc(N(C)CC(F)F)c(Br)cc21. The van der Waals surface area contributed by atoms with Gasteiger partial charge in [-0.3, -0.25) is 4.79 Å². The molecule has 0 aliphatic carbocycles. The largest absolute Gasteiger partial charge is 0.368 e. The minimum absolute atomic E-state index is 0.141. The number of anilines is 2. The zero-order chi connectivity index (χ0) is 14.2. The summed E-state index contributed by atoms with van der Waals surface area (Å²) in [7, 11) is 3.29. The van der Waals surface area contributed by atoms with E-state index < -0.39 is 12.5 Å². The Morgan fingerprint density at radius 1 is 1.53 bits per heavy atom. The Kier molecular flexibility index (Phi) is 4.05. The van der Waals surface area contributed by atoms with Crippen molar-refractivity contribution >= 4 is 33.2 Å². The maximum Gasteiger partial charge on any atom is 0.255 e. The van der Waals surface area contributed by atoms with Crippen molar-refractivity contribution in [3.63, 3.8) is 0 Å². The molecular formula is C12H14BrF2N3O. The molecule has 0 radical (unpaired) electrons. The molecule has 1 aliphatic rings. The van der Waals surface area contributed by atoms with Gasteiger partial charge in [-0.15, -0.1) is 0 Å². The first-order valence-corrected chi connectivity index (χ1v) is 6.54. The maximum absolute atomic E-state index is 12.4. The third kappa shape index (κ3) is 2.71. The number of halogens is 3. The molecule has 4 nitrogen and oxygen atoms in total. The van der Waals surface area contributed by atoms with Gasteiger partial charge in [0.2, 0.25) is 5.91 Å². The predicted molar refractivity (Wildman–Crippen MR) is 73.8 cm³/mol. The first-order chi connectivity index (χ1) is 8.93. The first kappa shape index (κ1) is 14.2. The van der Waals surface area contributed by atoms with Crippen molar-refractivity contribution in [3.8, 4) is 0 Å². The van der Waals surface area contributed by atoms with Crippen molar-refractivity contribution in [1.29, 1.82) is 0 Å². The number of likely N-dealkylation sites (N-methyl/N-ethyl adjacent to an activating group) is 1. The number of alkyl halides is 2. The lowest BCUT2D eigenvalue weighted by molar-refractivity contribution is -0.117. The topological polar surface area (TPSA) is 44.4 Å². The Morgan fingerprint density at radius 2 is 2.21 bits per heavy atom. The van der Waals surface area contributed by atoms with Crippen molar-refractivity contribution in [2.45, 2.75) is 12.5 Å². The molecular weight excluding hydrogens is 320 g/mol. The second kappa shape index (κ2) is 5.42.